The van der Waals surface area contributed by atoms with E-state index in [1.165, 1.54) is 6.42 Å². The van der Waals surface area contributed by atoms with Crippen molar-refractivity contribution in [1.29, 1.82) is 0 Å². The summed E-state index contributed by atoms with van der Waals surface area (Å²) in [6, 6.07) is 14.1. The Kier molecular flexibility index (Phi) is 8.03. The van der Waals surface area contributed by atoms with Crippen LogP contribution in [0.25, 0.3) is 11.0 Å². The van der Waals surface area contributed by atoms with Gasteiger partial charge in [-0.2, -0.15) is 19.9 Å². The van der Waals surface area contributed by atoms with E-state index >= 15 is 0 Å². The minimum atomic E-state index is -0.814. The summed E-state index contributed by atoms with van der Waals surface area (Å²) in [5.74, 6) is 3.48. The Morgan fingerprint density at radius 2 is 1.58 bits per heavy atom. The van der Waals surface area contributed by atoms with Gasteiger partial charge in [-0.25, -0.2) is 4.79 Å². The molecule has 2 aliphatic heterocycles. The predicted octanol–water partition coefficient (Wildman–Crippen LogP) is 4.26. The summed E-state index contributed by atoms with van der Waals surface area (Å²) in [5, 5.41) is 16.6. The highest BCUT2D eigenvalue weighted by Crippen LogP contribution is 2.37. The fraction of sp³-hybridized carbons (Fsp3) is 0.433. The minimum Gasteiger partial charge on any atom is -0.480 e. The molecule has 4 aromatic rings. The van der Waals surface area contributed by atoms with Crippen molar-refractivity contribution in [3.63, 3.8) is 0 Å². The maximum absolute atomic E-state index is 11.2. The van der Waals surface area contributed by atoms with Crippen LogP contribution in [0, 0.1) is 0 Å². The molecule has 5 heterocycles. The van der Waals surface area contributed by atoms with Crippen molar-refractivity contribution in [1.82, 2.24) is 19.9 Å². The lowest BCUT2D eigenvalue weighted by molar-refractivity contribution is -0.138. The van der Waals surface area contributed by atoms with Crippen LogP contribution in [0.4, 0.5) is 35.2 Å². The summed E-state index contributed by atoms with van der Waals surface area (Å²) < 4.78 is 6.11. The predicted molar refractivity (Wildman–Crippen MR) is 167 cm³/mol. The topological polar surface area (TPSA) is 185 Å². The number of benzene rings is 1. The molecule has 226 valence electrons. The molecular weight excluding hydrogens is 548 g/mol. The van der Waals surface area contributed by atoms with Gasteiger partial charge in [0, 0.05) is 43.7 Å². The number of nitrogens with two attached hydrogens (primary N) is 2. The highest BCUT2D eigenvalue weighted by Gasteiger charge is 2.32. The zero-order chi connectivity index (χ0) is 29.9. The molecule has 7 N–H and O–H groups in total. The number of rotatable bonds is 7. The van der Waals surface area contributed by atoms with Crippen LogP contribution in [0.2, 0.25) is 0 Å². The van der Waals surface area contributed by atoms with Crippen LogP contribution in [-0.2, 0) is 4.79 Å². The number of carboxylic acid groups (broad SMARTS) is 1. The van der Waals surface area contributed by atoms with Crippen LogP contribution in [0.15, 0.2) is 46.9 Å². The van der Waals surface area contributed by atoms with Crippen LogP contribution in [0.5, 0.6) is 0 Å². The third-order valence-electron chi connectivity index (χ3n) is 8.05. The van der Waals surface area contributed by atoms with Crippen LogP contribution >= 0.6 is 0 Å². The van der Waals surface area contributed by atoms with E-state index < -0.39 is 12.0 Å². The molecular formula is C30H38N10O3. The zero-order valence-electron chi connectivity index (χ0n) is 24.2. The average Bonchev–Trinajstić information content (AvgIpc) is 3.49. The number of hydrogen-bond donors (Lipinski definition) is 5. The molecule has 13 heteroatoms. The van der Waals surface area contributed by atoms with Crippen molar-refractivity contribution in [2.45, 2.75) is 63.1 Å². The first-order valence-electron chi connectivity index (χ1n) is 14.9. The van der Waals surface area contributed by atoms with Gasteiger partial charge in [0.2, 0.25) is 11.9 Å². The Bertz CT molecular complexity index is 1560. The lowest BCUT2D eigenvalue weighted by atomic mass is 10.00. The minimum absolute atomic E-state index is 0.171. The first-order chi connectivity index (χ1) is 20.9. The number of nitrogens with one attached hydrogen (secondary N) is 2. The number of aliphatic carboxylic acids is 1. The summed E-state index contributed by atoms with van der Waals surface area (Å²) >= 11 is 0. The van der Waals surface area contributed by atoms with Crippen molar-refractivity contribution in [3.8, 4) is 0 Å². The van der Waals surface area contributed by atoms with E-state index in [4.69, 9.17) is 15.9 Å². The number of para-hydroxylation sites is 1. The van der Waals surface area contributed by atoms with E-state index in [1.807, 2.05) is 31.3 Å². The number of piperidine rings is 1. The monoisotopic (exact) mass is 586 g/mol. The molecule has 43 heavy (non-hydrogen) atoms. The summed E-state index contributed by atoms with van der Waals surface area (Å²) in [6.45, 7) is 1.62. The number of nitrogens with zero attached hydrogens (tertiary/aromatic N) is 6. The number of furan rings is 1. The number of carbonyl (C=O) groups is 1. The van der Waals surface area contributed by atoms with Crippen molar-refractivity contribution < 1.29 is 14.3 Å². The third-order valence-corrected chi connectivity index (χ3v) is 8.05. The molecule has 3 aliphatic rings. The van der Waals surface area contributed by atoms with E-state index in [0.717, 1.165) is 67.0 Å². The van der Waals surface area contributed by atoms with Gasteiger partial charge in [0.1, 0.15) is 40.7 Å². The molecule has 3 fully saturated rings. The molecule has 7 rings (SSSR count). The van der Waals surface area contributed by atoms with E-state index in [-0.39, 0.29) is 17.9 Å². The Hall–Kier alpha value is -4.81. The van der Waals surface area contributed by atoms with E-state index in [1.54, 1.807) is 11.0 Å². The number of carboxylic acids is 1. The van der Waals surface area contributed by atoms with Crippen molar-refractivity contribution in [2.24, 2.45) is 0 Å². The summed E-state index contributed by atoms with van der Waals surface area (Å²) in [7, 11) is 1.83. The van der Waals surface area contributed by atoms with Crippen LogP contribution < -0.4 is 31.9 Å². The molecule has 0 amide bonds. The van der Waals surface area contributed by atoms with Gasteiger partial charge in [0.05, 0.1) is 6.04 Å². The smallest absolute Gasteiger partial charge is 0.326 e. The summed E-state index contributed by atoms with van der Waals surface area (Å²) in [6.07, 6.45) is 7.13. The molecule has 13 nitrogen and oxygen atoms in total. The maximum Gasteiger partial charge on any atom is 0.326 e. The SMILES string of the molecule is CNc1cc(N2CCCCC2c2cc3ccccc3o2)nc(N)n1.Nc1nc(NC2CC2)cc(N2CCCC2C(=O)O)n1. The first kappa shape index (κ1) is 28.3. The Labute approximate surface area is 249 Å². The van der Waals surface area contributed by atoms with Gasteiger partial charge >= 0.3 is 5.97 Å². The molecule has 2 unspecified atom stereocenters. The molecule has 3 aromatic heterocycles. The highest BCUT2D eigenvalue weighted by molar-refractivity contribution is 5.79. The van der Waals surface area contributed by atoms with Crippen molar-refractivity contribution in [3.05, 3.63) is 48.2 Å². The van der Waals surface area contributed by atoms with Gasteiger partial charge in [-0.1, -0.05) is 18.2 Å². The highest BCUT2D eigenvalue weighted by atomic mass is 16.4. The Morgan fingerprint density at radius 1 is 0.884 bits per heavy atom. The lowest BCUT2D eigenvalue weighted by Crippen LogP contribution is -2.36. The molecule has 2 atom stereocenters. The lowest BCUT2D eigenvalue weighted by Gasteiger charge is -2.35. The first-order valence-corrected chi connectivity index (χ1v) is 14.9. The second-order valence-electron chi connectivity index (χ2n) is 11.2. The summed E-state index contributed by atoms with van der Waals surface area (Å²) in [5.41, 5.74) is 12.5. The number of anilines is 6. The quantitative estimate of drug-likeness (QED) is 0.207. The molecule has 2 saturated heterocycles. The number of aromatic nitrogens is 4. The Morgan fingerprint density at radius 3 is 2.30 bits per heavy atom. The molecule has 1 saturated carbocycles. The normalized spacial score (nSPS) is 20.0. The standard InChI is InChI=1S/C18H21N5O.C12H17N5O2/c1-20-16-11-17(22-18(19)21-16)23-9-5-4-7-13(23)15-10-12-6-2-3-8-14(12)24-15;13-12-15-9(14-7-3-4-7)6-10(16-12)17-5-1-2-8(17)11(18)19/h2-3,6,8,10-11,13H,4-5,7,9H2,1H3,(H3,19,20,21,22);6-8H,1-5H2,(H,18,19)(H3,13,14,15,16). The van der Waals surface area contributed by atoms with Gasteiger partial charge < -0.3 is 41.4 Å². The van der Waals surface area contributed by atoms with Crippen LogP contribution in [0.3, 0.4) is 0 Å². The summed E-state index contributed by atoms with van der Waals surface area (Å²) in [4.78, 5) is 32.2. The number of fused-ring (bicyclic) bond motifs is 1. The fourth-order valence-corrected chi connectivity index (χ4v) is 5.80. The van der Waals surface area contributed by atoms with Crippen molar-refractivity contribution >= 4 is 52.1 Å². The molecule has 0 spiro atoms. The zero-order valence-corrected chi connectivity index (χ0v) is 24.2. The van der Waals surface area contributed by atoms with Crippen LogP contribution in [-0.4, -0.2) is 63.2 Å². The largest absolute Gasteiger partial charge is 0.480 e. The van der Waals surface area contributed by atoms with Gasteiger partial charge in [-0.15, -0.1) is 0 Å². The maximum atomic E-state index is 11.2. The molecule has 0 bridgehead atoms. The average molecular weight is 587 g/mol. The van der Waals surface area contributed by atoms with Gasteiger partial charge in [0.25, 0.3) is 0 Å². The van der Waals surface area contributed by atoms with Gasteiger partial charge in [-0.3, -0.25) is 0 Å². The number of hydrogen-bond acceptors (Lipinski definition) is 12. The third kappa shape index (κ3) is 6.50. The fourth-order valence-electron chi connectivity index (χ4n) is 5.80. The second-order valence-corrected chi connectivity index (χ2v) is 11.2. The molecule has 0 radical (unpaired) electrons. The Balaban J connectivity index is 0.000000157. The van der Waals surface area contributed by atoms with Gasteiger partial charge in [-0.05, 0) is 57.1 Å². The van der Waals surface area contributed by atoms with Crippen molar-refractivity contribution in [2.75, 3.05) is 52.0 Å². The molecule has 1 aromatic carbocycles. The van der Waals surface area contributed by atoms with E-state index in [0.29, 0.717) is 30.6 Å². The van der Waals surface area contributed by atoms with Gasteiger partial charge in [0.15, 0.2) is 0 Å². The molecule has 1 aliphatic carbocycles. The van der Waals surface area contributed by atoms with E-state index in [2.05, 4.69) is 47.6 Å². The second kappa shape index (κ2) is 12.2. The van der Waals surface area contributed by atoms with E-state index in [9.17, 15) is 9.90 Å². The van der Waals surface area contributed by atoms with Crippen LogP contribution in [0.1, 0.15) is 56.7 Å². The number of nitrogen functional groups attached to an aromatic ring is 2.